The molecule has 18 heavy (non-hydrogen) atoms. The van der Waals surface area contributed by atoms with E-state index in [1.807, 2.05) is 25.7 Å². The highest BCUT2D eigenvalue weighted by Gasteiger charge is 2.27. The summed E-state index contributed by atoms with van der Waals surface area (Å²) in [5.74, 6) is 1.66. The molecule has 6 heteroatoms. The number of amides is 2. The molecule has 0 saturated carbocycles. The molecule has 1 aliphatic rings. The van der Waals surface area contributed by atoms with Crippen molar-refractivity contribution in [1.29, 1.82) is 0 Å². The van der Waals surface area contributed by atoms with Crippen molar-refractivity contribution in [3.63, 3.8) is 0 Å². The number of carbonyl (C=O) groups is 1. The topological polar surface area (TPSA) is 71.3 Å². The summed E-state index contributed by atoms with van der Waals surface area (Å²) < 4.78 is 5.18. The van der Waals surface area contributed by atoms with Crippen LogP contribution in [0.3, 0.4) is 0 Å². The van der Waals surface area contributed by atoms with Gasteiger partial charge in [0.2, 0.25) is 5.89 Å². The normalized spacial score (nSPS) is 17.2. The minimum atomic E-state index is 0.0187. The first-order valence-corrected chi connectivity index (χ1v) is 6.42. The van der Waals surface area contributed by atoms with Gasteiger partial charge in [-0.25, -0.2) is 4.79 Å². The summed E-state index contributed by atoms with van der Waals surface area (Å²) in [6.07, 6.45) is 1.76. The van der Waals surface area contributed by atoms with Crippen molar-refractivity contribution in [3.8, 4) is 0 Å². The predicted molar refractivity (Wildman–Crippen MR) is 66.3 cm³/mol. The molecule has 1 N–H and O–H groups in total. The lowest BCUT2D eigenvalue weighted by Gasteiger charge is -2.31. The van der Waals surface area contributed by atoms with Gasteiger partial charge in [0.05, 0.1) is 0 Å². The smallest absolute Gasteiger partial charge is 0.317 e. The van der Waals surface area contributed by atoms with E-state index in [-0.39, 0.29) is 18.0 Å². The molecular weight excluding hydrogens is 232 g/mol. The molecule has 100 valence electrons. The van der Waals surface area contributed by atoms with Crippen LogP contribution < -0.4 is 5.32 Å². The van der Waals surface area contributed by atoms with Crippen LogP contribution in [0.2, 0.25) is 0 Å². The Hall–Kier alpha value is -1.59. The highest BCUT2D eigenvalue weighted by Crippen LogP contribution is 2.26. The van der Waals surface area contributed by atoms with Gasteiger partial charge in [-0.2, -0.15) is 4.98 Å². The third-order valence-electron chi connectivity index (χ3n) is 3.09. The average Bonchev–Trinajstić information content (AvgIpc) is 2.75. The summed E-state index contributed by atoms with van der Waals surface area (Å²) in [4.78, 5) is 17.9. The van der Waals surface area contributed by atoms with Gasteiger partial charge in [0, 0.05) is 25.0 Å². The van der Waals surface area contributed by atoms with Gasteiger partial charge in [0.25, 0.3) is 0 Å². The Morgan fingerprint density at radius 3 is 2.61 bits per heavy atom. The van der Waals surface area contributed by atoms with Crippen molar-refractivity contribution in [2.45, 2.75) is 45.6 Å². The lowest BCUT2D eigenvalue weighted by Crippen LogP contribution is -2.46. The summed E-state index contributed by atoms with van der Waals surface area (Å²) in [5.41, 5.74) is 0. The molecule has 0 unspecified atom stereocenters. The van der Waals surface area contributed by atoms with Crippen molar-refractivity contribution in [2.24, 2.45) is 0 Å². The van der Waals surface area contributed by atoms with Gasteiger partial charge in [0.15, 0.2) is 5.82 Å². The second-order valence-electron chi connectivity index (χ2n) is 5.05. The molecule has 1 aliphatic heterocycles. The number of hydrogen-bond donors (Lipinski definition) is 1. The maximum atomic E-state index is 11.8. The van der Waals surface area contributed by atoms with E-state index in [9.17, 15) is 4.79 Å². The molecular formula is C12H20N4O2. The molecule has 0 atom stereocenters. The van der Waals surface area contributed by atoms with Gasteiger partial charge < -0.3 is 14.7 Å². The van der Waals surface area contributed by atoms with Gasteiger partial charge in [-0.15, -0.1) is 0 Å². The van der Waals surface area contributed by atoms with Gasteiger partial charge in [-0.05, 0) is 33.6 Å². The number of aromatic nitrogens is 2. The number of rotatable bonds is 2. The summed E-state index contributed by atoms with van der Waals surface area (Å²) >= 11 is 0. The highest BCUT2D eigenvalue weighted by atomic mass is 16.5. The second-order valence-corrected chi connectivity index (χ2v) is 5.05. The van der Waals surface area contributed by atoms with Crippen LogP contribution in [0.5, 0.6) is 0 Å². The Kier molecular flexibility index (Phi) is 3.84. The number of likely N-dealkylation sites (tertiary alicyclic amines) is 1. The zero-order valence-electron chi connectivity index (χ0n) is 11.1. The van der Waals surface area contributed by atoms with Crippen LogP contribution in [-0.2, 0) is 0 Å². The Morgan fingerprint density at radius 2 is 2.11 bits per heavy atom. The molecule has 0 bridgehead atoms. The van der Waals surface area contributed by atoms with E-state index in [1.54, 1.807) is 0 Å². The summed E-state index contributed by atoms with van der Waals surface area (Å²) in [6.45, 7) is 7.23. The molecule has 2 heterocycles. The van der Waals surface area contributed by atoms with Crippen LogP contribution in [-0.4, -0.2) is 40.2 Å². The SMILES string of the molecule is Cc1noc(C2CCN(C(=O)NC(C)C)CC2)n1. The Bertz CT molecular complexity index is 408. The maximum absolute atomic E-state index is 11.8. The summed E-state index contributed by atoms with van der Waals surface area (Å²) in [7, 11) is 0. The van der Waals surface area contributed by atoms with Crippen LogP contribution in [0.1, 0.15) is 44.3 Å². The standard InChI is InChI=1S/C12H20N4O2/c1-8(2)13-12(17)16-6-4-10(5-7-16)11-14-9(3)15-18-11/h8,10H,4-7H2,1-3H3,(H,13,17). The van der Waals surface area contributed by atoms with Gasteiger partial charge >= 0.3 is 6.03 Å². The molecule has 0 aromatic carbocycles. The van der Waals surface area contributed by atoms with Crippen molar-refractivity contribution >= 4 is 6.03 Å². The lowest BCUT2D eigenvalue weighted by atomic mass is 9.97. The number of nitrogens with zero attached hydrogens (tertiary/aromatic N) is 3. The first-order valence-electron chi connectivity index (χ1n) is 6.42. The lowest BCUT2D eigenvalue weighted by molar-refractivity contribution is 0.173. The van der Waals surface area contributed by atoms with E-state index in [0.29, 0.717) is 11.7 Å². The fourth-order valence-electron chi connectivity index (χ4n) is 2.15. The maximum Gasteiger partial charge on any atom is 0.317 e. The van der Waals surface area contributed by atoms with E-state index in [0.717, 1.165) is 25.9 Å². The molecule has 1 saturated heterocycles. The molecule has 0 aliphatic carbocycles. The average molecular weight is 252 g/mol. The molecule has 1 aromatic heterocycles. The fourth-order valence-corrected chi connectivity index (χ4v) is 2.15. The van der Waals surface area contributed by atoms with E-state index < -0.39 is 0 Å². The molecule has 1 fully saturated rings. The van der Waals surface area contributed by atoms with Crippen LogP contribution >= 0.6 is 0 Å². The molecule has 2 rings (SSSR count). The third-order valence-corrected chi connectivity index (χ3v) is 3.09. The van der Waals surface area contributed by atoms with E-state index in [2.05, 4.69) is 15.5 Å². The molecule has 2 amide bonds. The van der Waals surface area contributed by atoms with E-state index in [4.69, 9.17) is 4.52 Å². The van der Waals surface area contributed by atoms with Crippen LogP contribution in [0.4, 0.5) is 4.79 Å². The van der Waals surface area contributed by atoms with Crippen molar-refractivity contribution in [3.05, 3.63) is 11.7 Å². The molecule has 0 radical (unpaired) electrons. The van der Waals surface area contributed by atoms with E-state index in [1.165, 1.54) is 0 Å². The minimum absolute atomic E-state index is 0.0187. The highest BCUT2D eigenvalue weighted by molar-refractivity contribution is 5.74. The monoisotopic (exact) mass is 252 g/mol. The first-order chi connectivity index (χ1) is 8.56. The Morgan fingerprint density at radius 1 is 1.44 bits per heavy atom. The van der Waals surface area contributed by atoms with Crippen molar-refractivity contribution in [1.82, 2.24) is 20.4 Å². The number of urea groups is 1. The van der Waals surface area contributed by atoms with Gasteiger partial charge in [-0.3, -0.25) is 0 Å². The predicted octanol–water partition coefficient (Wildman–Crippen LogP) is 1.68. The zero-order valence-corrected chi connectivity index (χ0v) is 11.1. The minimum Gasteiger partial charge on any atom is -0.339 e. The van der Waals surface area contributed by atoms with E-state index >= 15 is 0 Å². The quantitative estimate of drug-likeness (QED) is 0.869. The number of piperidine rings is 1. The summed E-state index contributed by atoms with van der Waals surface area (Å²) in [5, 5.41) is 6.71. The van der Waals surface area contributed by atoms with Crippen molar-refractivity contribution in [2.75, 3.05) is 13.1 Å². The largest absolute Gasteiger partial charge is 0.339 e. The third kappa shape index (κ3) is 3.00. The number of hydrogen-bond acceptors (Lipinski definition) is 4. The number of nitrogens with one attached hydrogen (secondary N) is 1. The molecule has 6 nitrogen and oxygen atoms in total. The summed E-state index contributed by atoms with van der Waals surface area (Å²) in [6, 6.07) is 0.193. The fraction of sp³-hybridized carbons (Fsp3) is 0.750. The number of aryl methyl sites for hydroxylation is 1. The molecule has 0 spiro atoms. The Labute approximate surface area is 107 Å². The van der Waals surface area contributed by atoms with Crippen molar-refractivity contribution < 1.29 is 9.32 Å². The van der Waals surface area contributed by atoms with Crippen LogP contribution in [0.25, 0.3) is 0 Å². The first kappa shape index (κ1) is 12.9. The zero-order chi connectivity index (χ0) is 13.1. The van der Waals surface area contributed by atoms with Crippen LogP contribution in [0, 0.1) is 6.92 Å². The number of carbonyl (C=O) groups excluding carboxylic acids is 1. The molecule has 1 aromatic rings. The van der Waals surface area contributed by atoms with Gasteiger partial charge in [0.1, 0.15) is 0 Å². The van der Waals surface area contributed by atoms with Crippen LogP contribution in [0.15, 0.2) is 4.52 Å². The second kappa shape index (κ2) is 5.37. The Balaban J connectivity index is 1.86. The van der Waals surface area contributed by atoms with Gasteiger partial charge in [-0.1, -0.05) is 5.16 Å².